The summed E-state index contributed by atoms with van der Waals surface area (Å²) >= 11 is 2.25. The lowest BCUT2D eigenvalue weighted by Crippen LogP contribution is -2.04. The van der Waals surface area contributed by atoms with Gasteiger partial charge in [-0.2, -0.15) is 0 Å². The maximum atomic E-state index is 12.9. The van der Waals surface area contributed by atoms with E-state index in [1.807, 2.05) is 0 Å². The largest absolute Gasteiger partial charge is 0.368 e. The van der Waals surface area contributed by atoms with E-state index in [1.54, 1.807) is 12.1 Å². The van der Waals surface area contributed by atoms with Crippen LogP contribution in [0.5, 0.6) is 0 Å². The summed E-state index contributed by atoms with van der Waals surface area (Å²) in [4.78, 5) is 8.60. The van der Waals surface area contributed by atoms with Gasteiger partial charge < -0.3 is 5.73 Å². The molecule has 2 aromatic rings. The molecule has 3 rings (SSSR count). The van der Waals surface area contributed by atoms with Crippen LogP contribution in [0.4, 0.5) is 10.3 Å². The molecule has 1 heterocycles. The van der Waals surface area contributed by atoms with E-state index in [9.17, 15) is 4.39 Å². The van der Waals surface area contributed by atoms with Crippen molar-refractivity contribution < 1.29 is 4.39 Å². The van der Waals surface area contributed by atoms with Crippen LogP contribution in [0.15, 0.2) is 24.3 Å². The van der Waals surface area contributed by atoms with Crippen molar-refractivity contribution in [1.82, 2.24) is 9.97 Å². The van der Waals surface area contributed by atoms with Gasteiger partial charge in [0.05, 0.1) is 15.0 Å². The Balaban J connectivity index is 2.13. The topological polar surface area (TPSA) is 51.8 Å². The third-order valence-corrected chi connectivity index (χ3v) is 4.04. The molecule has 1 saturated carbocycles. The van der Waals surface area contributed by atoms with E-state index >= 15 is 0 Å². The average Bonchev–Trinajstić information content (AvgIpc) is 3.17. The van der Waals surface area contributed by atoms with Gasteiger partial charge >= 0.3 is 0 Å². The van der Waals surface area contributed by atoms with Crippen LogP contribution < -0.4 is 5.73 Å². The molecule has 0 spiro atoms. The van der Waals surface area contributed by atoms with E-state index in [-0.39, 0.29) is 11.8 Å². The second kappa shape index (κ2) is 4.46. The Kier molecular flexibility index (Phi) is 2.93. The molecule has 0 unspecified atom stereocenters. The standard InChI is InChI=1S/C13H11FIN3/c14-9-5-3-8(4-6-9)12-10(15)11(7-1-2-7)17-13(16)18-12/h3-7H,1-2H2,(H2,16,17,18). The summed E-state index contributed by atoms with van der Waals surface area (Å²) in [6.07, 6.45) is 2.32. The summed E-state index contributed by atoms with van der Waals surface area (Å²) in [6, 6.07) is 6.30. The van der Waals surface area contributed by atoms with Crippen LogP contribution in [0.2, 0.25) is 0 Å². The highest BCUT2D eigenvalue weighted by atomic mass is 127. The Morgan fingerprint density at radius 1 is 1.17 bits per heavy atom. The highest BCUT2D eigenvalue weighted by molar-refractivity contribution is 14.1. The van der Waals surface area contributed by atoms with Crippen molar-refractivity contribution in [3.63, 3.8) is 0 Å². The molecular formula is C13H11FIN3. The van der Waals surface area contributed by atoms with E-state index in [0.717, 1.165) is 33.4 Å². The van der Waals surface area contributed by atoms with E-state index < -0.39 is 0 Å². The number of rotatable bonds is 2. The van der Waals surface area contributed by atoms with Gasteiger partial charge in [0.25, 0.3) is 0 Å². The Morgan fingerprint density at radius 3 is 2.44 bits per heavy atom. The van der Waals surface area contributed by atoms with Gasteiger partial charge in [0.1, 0.15) is 5.82 Å². The fraction of sp³-hybridized carbons (Fsp3) is 0.231. The predicted molar refractivity (Wildman–Crippen MR) is 76.5 cm³/mol. The summed E-state index contributed by atoms with van der Waals surface area (Å²) in [5.41, 5.74) is 8.46. The van der Waals surface area contributed by atoms with Gasteiger partial charge in [0.15, 0.2) is 0 Å². The van der Waals surface area contributed by atoms with Crippen LogP contribution in [-0.4, -0.2) is 9.97 Å². The minimum atomic E-state index is -0.252. The van der Waals surface area contributed by atoms with Gasteiger partial charge in [0.2, 0.25) is 5.95 Å². The molecule has 92 valence electrons. The summed E-state index contributed by atoms with van der Waals surface area (Å²) in [5.74, 6) is 0.552. The number of benzene rings is 1. The molecule has 0 atom stereocenters. The van der Waals surface area contributed by atoms with E-state index in [1.165, 1.54) is 12.1 Å². The lowest BCUT2D eigenvalue weighted by Gasteiger charge is -2.09. The quantitative estimate of drug-likeness (QED) is 0.841. The monoisotopic (exact) mass is 355 g/mol. The van der Waals surface area contributed by atoms with Crippen molar-refractivity contribution in [2.45, 2.75) is 18.8 Å². The number of nitrogens with zero attached hydrogens (tertiary/aromatic N) is 2. The zero-order valence-corrected chi connectivity index (χ0v) is 11.7. The van der Waals surface area contributed by atoms with Crippen molar-refractivity contribution >= 4 is 28.5 Å². The number of nitrogens with two attached hydrogens (primary N) is 1. The molecule has 0 amide bonds. The Labute approximate surface area is 118 Å². The lowest BCUT2D eigenvalue weighted by molar-refractivity contribution is 0.628. The van der Waals surface area contributed by atoms with Crippen molar-refractivity contribution in [1.29, 1.82) is 0 Å². The number of anilines is 1. The van der Waals surface area contributed by atoms with E-state index in [4.69, 9.17) is 5.73 Å². The molecule has 0 saturated heterocycles. The predicted octanol–water partition coefficient (Wildman–Crippen LogP) is 3.35. The first-order chi connectivity index (χ1) is 8.65. The SMILES string of the molecule is Nc1nc(-c2ccc(F)cc2)c(I)c(C2CC2)n1. The second-order valence-electron chi connectivity index (χ2n) is 4.41. The molecule has 1 aromatic heterocycles. The van der Waals surface area contributed by atoms with Gasteiger partial charge in [-0.05, 0) is 59.7 Å². The van der Waals surface area contributed by atoms with Crippen LogP contribution in [0.25, 0.3) is 11.3 Å². The van der Waals surface area contributed by atoms with Crippen LogP contribution >= 0.6 is 22.6 Å². The molecule has 0 aliphatic heterocycles. The fourth-order valence-electron chi connectivity index (χ4n) is 1.91. The normalized spacial score (nSPS) is 14.8. The number of aromatic nitrogens is 2. The highest BCUT2D eigenvalue weighted by Crippen LogP contribution is 2.42. The summed E-state index contributed by atoms with van der Waals surface area (Å²) in [7, 11) is 0. The number of hydrogen-bond donors (Lipinski definition) is 1. The zero-order valence-electron chi connectivity index (χ0n) is 9.53. The third kappa shape index (κ3) is 2.19. The Hall–Kier alpha value is -1.24. The lowest BCUT2D eigenvalue weighted by atomic mass is 10.1. The maximum Gasteiger partial charge on any atom is 0.220 e. The molecule has 18 heavy (non-hydrogen) atoms. The minimum absolute atomic E-state index is 0.252. The molecule has 5 heteroatoms. The number of hydrogen-bond acceptors (Lipinski definition) is 3. The average molecular weight is 355 g/mol. The molecule has 2 N–H and O–H groups in total. The summed E-state index contributed by atoms with van der Waals surface area (Å²) in [6.45, 7) is 0. The van der Waals surface area contributed by atoms with Crippen LogP contribution in [0.3, 0.4) is 0 Å². The molecule has 3 nitrogen and oxygen atoms in total. The molecule has 0 bridgehead atoms. The fourth-order valence-corrected chi connectivity index (χ4v) is 2.90. The Morgan fingerprint density at radius 2 is 1.83 bits per heavy atom. The zero-order chi connectivity index (χ0) is 12.7. The van der Waals surface area contributed by atoms with Gasteiger partial charge in [-0.3, -0.25) is 0 Å². The molecule has 0 radical (unpaired) electrons. The molecule has 1 aliphatic rings. The van der Waals surface area contributed by atoms with Gasteiger partial charge in [-0.15, -0.1) is 0 Å². The number of nitrogen functional groups attached to an aromatic ring is 1. The van der Waals surface area contributed by atoms with Crippen molar-refractivity contribution in [3.05, 3.63) is 39.3 Å². The first-order valence-corrected chi connectivity index (χ1v) is 6.82. The second-order valence-corrected chi connectivity index (χ2v) is 5.49. The van der Waals surface area contributed by atoms with Crippen LogP contribution in [0.1, 0.15) is 24.5 Å². The molecule has 1 fully saturated rings. The first-order valence-electron chi connectivity index (χ1n) is 5.74. The summed E-state index contributed by atoms with van der Waals surface area (Å²) < 4.78 is 14.0. The number of halogens is 2. The van der Waals surface area contributed by atoms with E-state index in [0.29, 0.717) is 5.92 Å². The maximum absolute atomic E-state index is 12.9. The van der Waals surface area contributed by atoms with Crippen LogP contribution in [0, 0.1) is 9.39 Å². The molecule has 1 aliphatic carbocycles. The van der Waals surface area contributed by atoms with Crippen molar-refractivity contribution in [3.8, 4) is 11.3 Å². The third-order valence-electron chi connectivity index (χ3n) is 2.98. The first kappa shape index (κ1) is 11.8. The minimum Gasteiger partial charge on any atom is -0.368 e. The van der Waals surface area contributed by atoms with Gasteiger partial charge in [-0.1, -0.05) is 0 Å². The summed E-state index contributed by atoms with van der Waals surface area (Å²) in [5, 5.41) is 0. The molecule has 1 aromatic carbocycles. The Bertz CT molecular complexity index is 594. The van der Waals surface area contributed by atoms with Gasteiger partial charge in [0, 0.05) is 11.5 Å². The van der Waals surface area contributed by atoms with Crippen molar-refractivity contribution in [2.75, 3.05) is 5.73 Å². The smallest absolute Gasteiger partial charge is 0.220 e. The van der Waals surface area contributed by atoms with Crippen molar-refractivity contribution in [2.24, 2.45) is 0 Å². The molecular weight excluding hydrogens is 344 g/mol. The van der Waals surface area contributed by atoms with E-state index in [2.05, 4.69) is 32.6 Å². The van der Waals surface area contributed by atoms with Gasteiger partial charge in [-0.25, -0.2) is 14.4 Å². The highest BCUT2D eigenvalue weighted by Gasteiger charge is 2.29. The van der Waals surface area contributed by atoms with Crippen LogP contribution in [-0.2, 0) is 0 Å².